The first-order chi connectivity index (χ1) is 11.5. The van der Waals surface area contributed by atoms with Crippen LogP contribution in [-0.2, 0) is 17.9 Å². The lowest BCUT2D eigenvalue weighted by atomic mass is 10.3. The Labute approximate surface area is 147 Å². The Morgan fingerprint density at radius 2 is 1.92 bits per heavy atom. The molecule has 1 aliphatic rings. The summed E-state index contributed by atoms with van der Waals surface area (Å²) in [4.78, 5) is 42.4. The second kappa shape index (κ2) is 7.33. The molecule has 1 aliphatic heterocycles. The van der Waals surface area contributed by atoms with Crippen molar-refractivity contribution in [2.24, 2.45) is 0 Å². The van der Waals surface area contributed by atoms with Crippen molar-refractivity contribution in [1.82, 2.24) is 19.4 Å². The number of halogens is 1. The summed E-state index contributed by atoms with van der Waals surface area (Å²) in [5.41, 5.74) is -1.03. The molecule has 24 heavy (non-hydrogen) atoms. The molecule has 2 aromatic rings. The molecule has 0 unspecified atom stereocenters. The van der Waals surface area contributed by atoms with Gasteiger partial charge in [-0.15, -0.1) is 11.3 Å². The van der Waals surface area contributed by atoms with Gasteiger partial charge in [0.15, 0.2) is 0 Å². The molecule has 0 spiro atoms. The quantitative estimate of drug-likeness (QED) is 0.857. The van der Waals surface area contributed by atoms with Crippen LogP contribution >= 0.6 is 22.9 Å². The number of carbonyl (C=O) groups excluding carboxylic acids is 1. The van der Waals surface area contributed by atoms with E-state index >= 15 is 0 Å². The van der Waals surface area contributed by atoms with Crippen molar-refractivity contribution in [1.29, 1.82) is 0 Å². The normalized spacial score (nSPS) is 15.6. The Bertz CT molecular complexity index is 835. The zero-order valence-corrected chi connectivity index (χ0v) is 14.5. The molecule has 0 aliphatic carbocycles. The number of amides is 1. The Morgan fingerprint density at radius 1 is 1.17 bits per heavy atom. The number of rotatable bonds is 4. The van der Waals surface area contributed by atoms with E-state index in [-0.39, 0.29) is 12.5 Å². The number of nitrogens with zero attached hydrogens (tertiary/aromatic N) is 3. The Kier molecular flexibility index (Phi) is 5.17. The molecule has 2 aromatic heterocycles. The lowest BCUT2D eigenvalue weighted by Crippen LogP contribution is -2.49. The van der Waals surface area contributed by atoms with E-state index in [0.717, 1.165) is 24.0 Å². The molecule has 3 rings (SSSR count). The smallest absolute Gasteiger partial charge is 0.328 e. The van der Waals surface area contributed by atoms with Crippen molar-refractivity contribution in [3.05, 3.63) is 54.4 Å². The SMILES string of the molecule is O=C(Cn1ccc(=O)[nH]c1=O)N1CCN(Cc2ccc(Cl)s2)CC1. The fourth-order valence-corrected chi connectivity index (χ4v) is 3.76. The van der Waals surface area contributed by atoms with Crippen molar-refractivity contribution < 1.29 is 4.79 Å². The summed E-state index contributed by atoms with van der Waals surface area (Å²) in [5, 5.41) is 0. The Morgan fingerprint density at radius 3 is 2.54 bits per heavy atom. The highest BCUT2D eigenvalue weighted by Gasteiger charge is 2.21. The zero-order chi connectivity index (χ0) is 17.1. The van der Waals surface area contributed by atoms with E-state index in [1.165, 1.54) is 21.7 Å². The molecule has 0 saturated carbocycles. The molecule has 0 aromatic carbocycles. The standard InChI is InChI=1S/C15H17ClN4O3S/c16-12-2-1-11(24-12)9-18-5-7-19(8-6-18)14(22)10-20-4-3-13(21)17-15(20)23/h1-4H,5-10H2,(H,17,21,23). The monoisotopic (exact) mass is 368 g/mol. The van der Waals surface area contributed by atoms with E-state index in [4.69, 9.17) is 11.6 Å². The first-order valence-electron chi connectivity index (χ1n) is 7.55. The van der Waals surface area contributed by atoms with Gasteiger partial charge in [-0.05, 0) is 12.1 Å². The van der Waals surface area contributed by atoms with Crippen LogP contribution in [0.4, 0.5) is 0 Å². The Balaban J connectivity index is 1.53. The number of thiophene rings is 1. The lowest BCUT2D eigenvalue weighted by molar-refractivity contribution is -0.133. The summed E-state index contributed by atoms with van der Waals surface area (Å²) in [6.45, 7) is 3.57. The van der Waals surface area contributed by atoms with Gasteiger partial charge in [0.25, 0.3) is 5.56 Å². The molecule has 9 heteroatoms. The van der Waals surface area contributed by atoms with E-state index in [1.807, 2.05) is 12.1 Å². The number of nitrogens with one attached hydrogen (secondary N) is 1. The summed E-state index contributed by atoms with van der Waals surface area (Å²) in [5.74, 6) is -0.122. The largest absolute Gasteiger partial charge is 0.339 e. The summed E-state index contributed by atoms with van der Waals surface area (Å²) in [7, 11) is 0. The third-order valence-electron chi connectivity index (χ3n) is 3.94. The molecule has 7 nitrogen and oxygen atoms in total. The molecule has 1 amide bonds. The number of piperazine rings is 1. The van der Waals surface area contributed by atoms with Crippen LogP contribution in [0.1, 0.15) is 4.88 Å². The van der Waals surface area contributed by atoms with Gasteiger partial charge in [-0.3, -0.25) is 24.0 Å². The summed E-state index contributed by atoms with van der Waals surface area (Å²) in [6.07, 6.45) is 1.34. The van der Waals surface area contributed by atoms with Crippen molar-refractivity contribution >= 4 is 28.8 Å². The number of hydrogen-bond donors (Lipinski definition) is 1. The first kappa shape index (κ1) is 16.9. The molecule has 1 N–H and O–H groups in total. The van der Waals surface area contributed by atoms with Crippen molar-refractivity contribution in [2.75, 3.05) is 26.2 Å². The minimum atomic E-state index is -0.566. The maximum absolute atomic E-state index is 12.3. The number of aromatic amines is 1. The van der Waals surface area contributed by atoms with Crippen molar-refractivity contribution in [3.8, 4) is 0 Å². The molecule has 0 atom stereocenters. The van der Waals surface area contributed by atoms with Crippen molar-refractivity contribution in [2.45, 2.75) is 13.1 Å². The summed E-state index contributed by atoms with van der Waals surface area (Å²) >= 11 is 7.51. The van der Waals surface area contributed by atoms with Crippen LogP contribution in [0.2, 0.25) is 4.34 Å². The maximum Gasteiger partial charge on any atom is 0.328 e. The molecular weight excluding hydrogens is 352 g/mol. The van der Waals surface area contributed by atoms with Crippen LogP contribution < -0.4 is 11.2 Å². The fourth-order valence-electron chi connectivity index (χ4n) is 2.63. The van der Waals surface area contributed by atoms with Gasteiger partial charge < -0.3 is 4.90 Å². The van der Waals surface area contributed by atoms with Gasteiger partial charge in [0.05, 0.1) is 4.34 Å². The Hall–Kier alpha value is -1.90. The highest BCUT2D eigenvalue weighted by atomic mass is 35.5. The average Bonchev–Trinajstić information content (AvgIpc) is 2.96. The second-order valence-corrected chi connectivity index (χ2v) is 7.40. The molecular formula is C15H17ClN4O3S. The van der Waals surface area contributed by atoms with Crippen molar-refractivity contribution in [3.63, 3.8) is 0 Å². The number of aromatic nitrogens is 2. The van der Waals surface area contributed by atoms with Gasteiger partial charge in [0.2, 0.25) is 5.91 Å². The van der Waals surface area contributed by atoms with Gasteiger partial charge in [0.1, 0.15) is 6.54 Å². The van der Waals surface area contributed by atoms with E-state index in [9.17, 15) is 14.4 Å². The van der Waals surface area contributed by atoms with Crippen LogP contribution in [0.3, 0.4) is 0 Å². The minimum Gasteiger partial charge on any atom is -0.339 e. The zero-order valence-electron chi connectivity index (χ0n) is 12.9. The lowest BCUT2D eigenvalue weighted by Gasteiger charge is -2.34. The predicted molar refractivity (Wildman–Crippen MR) is 92.5 cm³/mol. The summed E-state index contributed by atoms with van der Waals surface area (Å²) < 4.78 is 1.99. The van der Waals surface area contributed by atoms with Crippen LogP contribution in [-0.4, -0.2) is 51.4 Å². The van der Waals surface area contributed by atoms with Gasteiger partial charge in [-0.2, -0.15) is 0 Å². The van der Waals surface area contributed by atoms with Crippen LogP contribution in [0.25, 0.3) is 0 Å². The van der Waals surface area contributed by atoms with Gasteiger partial charge in [-0.25, -0.2) is 4.79 Å². The molecule has 0 bridgehead atoms. The molecule has 0 radical (unpaired) electrons. The summed E-state index contributed by atoms with van der Waals surface area (Å²) in [6, 6.07) is 5.15. The highest BCUT2D eigenvalue weighted by molar-refractivity contribution is 7.16. The number of hydrogen-bond acceptors (Lipinski definition) is 5. The number of H-pyrrole nitrogens is 1. The molecule has 3 heterocycles. The predicted octanol–water partition coefficient (Wildman–Crippen LogP) is 0.596. The van der Waals surface area contributed by atoms with Crippen LogP contribution in [0, 0.1) is 0 Å². The van der Waals surface area contributed by atoms with E-state index in [0.29, 0.717) is 13.1 Å². The minimum absolute atomic E-state index is 0.0594. The molecule has 128 valence electrons. The third-order valence-corrected chi connectivity index (χ3v) is 5.15. The molecule has 1 saturated heterocycles. The van der Waals surface area contributed by atoms with Gasteiger partial charge in [0, 0.05) is 49.9 Å². The van der Waals surface area contributed by atoms with Gasteiger partial charge in [-0.1, -0.05) is 11.6 Å². The average molecular weight is 369 g/mol. The number of carbonyl (C=O) groups is 1. The van der Waals surface area contributed by atoms with E-state index < -0.39 is 11.2 Å². The van der Waals surface area contributed by atoms with E-state index in [2.05, 4.69) is 9.88 Å². The van der Waals surface area contributed by atoms with E-state index in [1.54, 1.807) is 16.2 Å². The van der Waals surface area contributed by atoms with Gasteiger partial charge >= 0.3 is 5.69 Å². The maximum atomic E-state index is 12.3. The topological polar surface area (TPSA) is 78.4 Å². The first-order valence-corrected chi connectivity index (χ1v) is 8.75. The third kappa shape index (κ3) is 4.14. The highest BCUT2D eigenvalue weighted by Crippen LogP contribution is 2.23. The fraction of sp³-hybridized carbons (Fsp3) is 0.400. The van der Waals surface area contributed by atoms with Crippen LogP contribution in [0.15, 0.2) is 34.0 Å². The van der Waals surface area contributed by atoms with Crippen LogP contribution in [0.5, 0.6) is 0 Å². The molecule has 1 fully saturated rings. The second-order valence-electron chi connectivity index (χ2n) is 5.60.